The van der Waals surface area contributed by atoms with Gasteiger partial charge in [0.2, 0.25) is 5.95 Å². The quantitative estimate of drug-likeness (QED) is 0.756. The Morgan fingerprint density at radius 2 is 2.19 bits per heavy atom. The van der Waals surface area contributed by atoms with Crippen LogP contribution in [0.15, 0.2) is 35.5 Å². The summed E-state index contributed by atoms with van der Waals surface area (Å²) in [5, 5.41) is 12.0. The molecule has 0 saturated carbocycles. The second kappa shape index (κ2) is 4.76. The standard InChI is InChI=1S/C14H12N6O/c1-16-14-17-7-11(10-4-3-5-19(2)13(10)21)12-18-9(6-15)8-20(12)14/h3-5,7-8H,1-2H3,(H,16,17). The molecule has 7 nitrogen and oxygen atoms in total. The Hall–Kier alpha value is -3.14. The first-order chi connectivity index (χ1) is 10.2. The van der Waals surface area contributed by atoms with E-state index < -0.39 is 0 Å². The lowest BCUT2D eigenvalue weighted by Crippen LogP contribution is -2.17. The van der Waals surface area contributed by atoms with Crippen molar-refractivity contribution in [3.8, 4) is 17.2 Å². The van der Waals surface area contributed by atoms with Crippen molar-refractivity contribution in [1.82, 2.24) is 18.9 Å². The third kappa shape index (κ3) is 1.94. The van der Waals surface area contributed by atoms with Crippen LogP contribution in [0.1, 0.15) is 5.69 Å². The fourth-order valence-electron chi connectivity index (χ4n) is 2.21. The molecular formula is C14H12N6O. The highest BCUT2D eigenvalue weighted by molar-refractivity contribution is 5.77. The van der Waals surface area contributed by atoms with Crippen LogP contribution in [0, 0.1) is 11.3 Å². The number of fused-ring (bicyclic) bond motifs is 1. The van der Waals surface area contributed by atoms with Crippen molar-refractivity contribution in [2.75, 3.05) is 12.4 Å². The Bertz CT molecular complexity index is 931. The van der Waals surface area contributed by atoms with Crippen molar-refractivity contribution in [2.45, 2.75) is 0 Å². The first-order valence-electron chi connectivity index (χ1n) is 6.27. The van der Waals surface area contributed by atoms with E-state index in [2.05, 4.69) is 15.3 Å². The molecule has 0 aliphatic heterocycles. The van der Waals surface area contributed by atoms with Gasteiger partial charge in [-0.05, 0) is 12.1 Å². The van der Waals surface area contributed by atoms with Crippen molar-refractivity contribution >= 4 is 11.6 Å². The minimum atomic E-state index is -0.139. The molecule has 0 fully saturated rings. The topological polar surface area (TPSA) is 88.0 Å². The molecule has 0 spiro atoms. The molecule has 0 bridgehead atoms. The molecule has 0 radical (unpaired) electrons. The summed E-state index contributed by atoms with van der Waals surface area (Å²) in [5.74, 6) is 0.551. The summed E-state index contributed by atoms with van der Waals surface area (Å²) in [6.07, 6.45) is 4.86. The van der Waals surface area contributed by atoms with E-state index in [1.807, 2.05) is 6.07 Å². The molecule has 3 aromatic rings. The highest BCUT2D eigenvalue weighted by Crippen LogP contribution is 2.23. The predicted molar refractivity (Wildman–Crippen MR) is 77.9 cm³/mol. The van der Waals surface area contributed by atoms with Gasteiger partial charge >= 0.3 is 0 Å². The van der Waals surface area contributed by atoms with Gasteiger partial charge < -0.3 is 9.88 Å². The van der Waals surface area contributed by atoms with Crippen LogP contribution in [0.4, 0.5) is 5.95 Å². The molecule has 0 unspecified atom stereocenters. The van der Waals surface area contributed by atoms with Crippen LogP contribution in [0.3, 0.4) is 0 Å². The molecule has 0 aromatic carbocycles. The van der Waals surface area contributed by atoms with E-state index in [4.69, 9.17) is 5.26 Å². The fraction of sp³-hybridized carbons (Fsp3) is 0.143. The van der Waals surface area contributed by atoms with Gasteiger partial charge in [0.1, 0.15) is 6.07 Å². The van der Waals surface area contributed by atoms with E-state index in [1.54, 1.807) is 49.2 Å². The maximum Gasteiger partial charge on any atom is 0.258 e. The number of aromatic nitrogens is 4. The van der Waals surface area contributed by atoms with Gasteiger partial charge in [-0.25, -0.2) is 9.97 Å². The van der Waals surface area contributed by atoms with Crippen LogP contribution in [-0.2, 0) is 7.05 Å². The number of nitrogens with zero attached hydrogens (tertiary/aromatic N) is 5. The average Bonchev–Trinajstić information content (AvgIpc) is 2.93. The van der Waals surface area contributed by atoms with E-state index in [9.17, 15) is 4.79 Å². The number of pyridine rings is 1. The zero-order valence-electron chi connectivity index (χ0n) is 11.5. The Morgan fingerprint density at radius 1 is 1.38 bits per heavy atom. The van der Waals surface area contributed by atoms with Gasteiger partial charge in [-0.1, -0.05) is 0 Å². The number of anilines is 1. The summed E-state index contributed by atoms with van der Waals surface area (Å²) in [5.41, 5.74) is 1.74. The molecule has 0 amide bonds. The summed E-state index contributed by atoms with van der Waals surface area (Å²) >= 11 is 0. The third-order valence-corrected chi connectivity index (χ3v) is 3.24. The van der Waals surface area contributed by atoms with Gasteiger partial charge in [-0.15, -0.1) is 0 Å². The third-order valence-electron chi connectivity index (χ3n) is 3.24. The van der Waals surface area contributed by atoms with E-state index in [0.29, 0.717) is 22.7 Å². The minimum Gasteiger partial charge on any atom is -0.358 e. The molecule has 3 rings (SSSR count). The summed E-state index contributed by atoms with van der Waals surface area (Å²) in [6, 6.07) is 5.51. The minimum absolute atomic E-state index is 0.139. The highest BCUT2D eigenvalue weighted by Gasteiger charge is 2.14. The maximum atomic E-state index is 12.3. The van der Waals surface area contributed by atoms with Crippen LogP contribution in [0.5, 0.6) is 0 Å². The monoisotopic (exact) mass is 280 g/mol. The second-order valence-electron chi connectivity index (χ2n) is 4.51. The Morgan fingerprint density at radius 3 is 2.90 bits per heavy atom. The van der Waals surface area contributed by atoms with Gasteiger partial charge in [0, 0.05) is 32.1 Å². The van der Waals surface area contributed by atoms with Crippen LogP contribution in [0.2, 0.25) is 0 Å². The fourth-order valence-corrected chi connectivity index (χ4v) is 2.21. The molecule has 0 aliphatic rings. The highest BCUT2D eigenvalue weighted by atomic mass is 16.1. The van der Waals surface area contributed by atoms with Crippen molar-refractivity contribution in [3.63, 3.8) is 0 Å². The van der Waals surface area contributed by atoms with Crippen LogP contribution >= 0.6 is 0 Å². The number of hydrogen-bond acceptors (Lipinski definition) is 5. The number of nitrogens with one attached hydrogen (secondary N) is 1. The molecule has 104 valence electrons. The Balaban J connectivity index is 2.39. The van der Waals surface area contributed by atoms with E-state index in [-0.39, 0.29) is 11.3 Å². The summed E-state index contributed by atoms with van der Waals surface area (Å²) in [6.45, 7) is 0. The molecule has 21 heavy (non-hydrogen) atoms. The Kier molecular flexibility index (Phi) is 2.92. The molecule has 3 aromatic heterocycles. The number of imidazole rings is 1. The van der Waals surface area contributed by atoms with Crippen molar-refractivity contribution < 1.29 is 0 Å². The molecule has 3 heterocycles. The lowest BCUT2D eigenvalue weighted by Gasteiger charge is -2.08. The number of nitriles is 1. The van der Waals surface area contributed by atoms with Crippen LogP contribution < -0.4 is 10.9 Å². The molecule has 0 saturated heterocycles. The number of rotatable bonds is 2. The zero-order valence-corrected chi connectivity index (χ0v) is 11.5. The number of hydrogen-bond donors (Lipinski definition) is 1. The lowest BCUT2D eigenvalue weighted by molar-refractivity contribution is 0.862. The number of aryl methyl sites for hydroxylation is 1. The normalized spacial score (nSPS) is 10.5. The first kappa shape index (κ1) is 12.9. The smallest absolute Gasteiger partial charge is 0.258 e. The SMILES string of the molecule is CNc1ncc(-c2cccn(C)c2=O)c2nc(C#N)cn12. The van der Waals surface area contributed by atoms with Crippen LogP contribution in [0.25, 0.3) is 16.8 Å². The van der Waals surface area contributed by atoms with Crippen molar-refractivity contribution in [3.05, 3.63) is 46.8 Å². The summed E-state index contributed by atoms with van der Waals surface area (Å²) in [4.78, 5) is 20.8. The Labute approximate surface area is 120 Å². The second-order valence-corrected chi connectivity index (χ2v) is 4.51. The zero-order chi connectivity index (χ0) is 15.0. The summed E-state index contributed by atoms with van der Waals surface area (Å²) in [7, 11) is 3.42. The molecule has 0 aliphatic carbocycles. The van der Waals surface area contributed by atoms with Gasteiger partial charge in [0.25, 0.3) is 5.56 Å². The van der Waals surface area contributed by atoms with Gasteiger partial charge in [0.15, 0.2) is 11.3 Å². The van der Waals surface area contributed by atoms with Gasteiger partial charge in [-0.3, -0.25) is 9.20 Å². The largest absolute Gasteiger partial charge is 0.358 e. The maximum absolute atomic E-state index is 12.3. The van der Waals surface area contributed by atoms with Crippen molar-refractivity contribution in [1.29, 1.82) is 5.26 Å². The van der Waals surface area contributed by atoms with Crippen LogP contribution in [-0.4, -0.2) is 26.0 Å². The molecule has 1 N–H and O–H groups in total. The summed E-state index contributed by atoms with van der Waals surface area (Å²) < 4.78 is 3.16. The molecule has 0 atom stereocenters. The molecular weight excluding hydrogens is 268 g/mol. The van der Waals surface area contributed by atoms with Gasteiger partial charge in [0.05, 0.1) is 11.8 Å². The predicted octanol–water partition coefficient (Wildman–Crippen LogP) is 1.01. The lowest BCUT2D eigenvalue weighted by atomic mass is 10.1. The van der Waals surface area contributed by atoms with Gasteiger partial charge in [-0.2, -0.15) is 5.26 Å². The molecule has 7 heteroatoms. The van der Waals surface area contributed by atoms with E-state index in [0.717, 1.165) is 0 Å². The first-order valence-corrected chi connectivity index (χ1v) is 6.27. The van der Waals surface area contributed by atoms with Crippen molar-refractivity contribution in [2.24, 2.45) is 7.05 Å². The average molecular weight is 280 g/mol. The van der Waals surface area contributed by atoms with E-state index >= 15 is 0 Å². The van der Waals surface area contributed by atoms with E-state index in [1.165, 1.54) is 4.57 Å².